The van der Waals surface area contributed by atoms with Gasteiger partial charge in [-0.2, -0.15) is 0 Å². The standard InChI is InChI=1S/C19H17NO3S/c1-13-7-9-15(10-8-13)23-12-17-20-16(18(24-17)19(21)22)11-14-5-3-2-4-6-14/h2-10H,11-12H2,1H3,(H,21,22). The highest BCUT2D eigenvalue weighted by atomic mass is 32.1. The molecule has 0 unspecified atom stereocenters. The molecule has 122 valence electrons. The lowest BCUT2D eigenvalue weighted by atomic mass is 10.1. The van der Waals surface area contributed by atoms with Crippen molar-refractivity contribution in [2.45, 2.75) is 20.0 Å². The maximum Gasteiger partial charge on any atom is 0.347 e. The molecule has 0 amide bonds. The van der Waals surface area contributed by atoms with Crippen molar-refractivity contribution < 1.29 is 14.6 Å². The first kappa shape index (κ1) is 16.2. The lowest BCUT2D eigenvalue weighted by Crippen LogP contribution is -2.00. The third-order valence-corrected chi connectivity index (χ3v) is 4.59. The van der Waals surface area contributed by atoms with Crippen LogP contribution in [0.15, 0.2) is 54.6 Å². The molecular weight excluding hydrogens is 322 g/mol. The Bertz CT molecular complexity index is 826. The minimum Gasteiger partial charge on any atom is -0.486 e. The number of hydrogen-bond donors (Lipinski definition) is 1. The van der Waals surface area contributed by atoms with E-state index in [-0.39, 0.29) is 11.5 Å². The van der Waals surface area contributed by atoms with Crippen LogP contribution in [0.25, 0.3) is 0 Å². The van der Waals surface area contributed by atoms with Gasteiger partial charge in [0.15, 0.2) is 0 Å². The number of aryl methyl sites for hydroxylation is 1. The van der Waals surface area contributed by atoms with Crippen LogP contribution in [0, 0.1) is 6.92 Å². The van der Waals surface area contributed by atoms with Crippen molar-refractivity contribution in [1.29, 1.82) is 0 Å². The second-order valence-corrected chi connectivity index (χ2v) is 6.54. The van der Waals surface area contributed by atoms with Crippen LogP contribution in [0.1, 0.15) is 31.5 Å². The molecule has 0 fully saturated rings. The first-order valence-corrected chi connectivity index (χ1v) is 8.39. The lowest BCUT2D eigenvalue weighted by Gasteiger charge is -2.03. The van der Waals surface area contributed by atoms with Crippen molar-refractivity contribution in [3.05, 3.63) is 81.3 Å². The first-order chi connectivity index (χ1) is 11.6. The van der Waals surface area contributed by atoms with Gasteiger partial charge in [-0.25, -0.2) is 9.78 Å². The summed E-state index contributed by atoms with van der Waals surface area (Å²) in [6.07, 6.45) is 0.503. The third-order valence-electron chi connectivity index (χ3n) is 3.53. The number of thiazole rings is 1. The molecule has 0 saturated heterocycles. The summed E-state index contributed by atoms with van der Waals surface area (Å²) in [6, 6.07) is 17.5. The normalized spacial score (nSPS) is 10.5. The minimum atomic E-state index is -0.944. The fraction of sp³-hybridized carbons (Fsp3) is 0.158. The van der Waals surface area contributed by atoms with E-state index < -0.39 is 5.97 Å². The van der Waals surface area contributed by atoms with Gasteiger partial charge in [0.25, 0.3) is 0 Å². The number of carboxylic acids is 1. The summed E-state index contributed by atoms with van der Waals surface area (Å²) in [4.78, 5) is 16.2. The maximum absolute atomic E-state index is 11.5. The monoisotopic (exact) mass is 339 g/mol. The number of nitrogens with zero attached hydrogens (tertiary/aromatic N) is 1. The summed E-state index contributed by atoms with van der Waals surface area (Å²) in [5.41, 5.74) is 2.78. The first-order valence-electron chi connectivity index (χ1n) is 7.57. The summed E-state index contributed by atoms with van der Waals surface area (Å²) < 4.78 is 5.70. The molecule has 0 radical (unpaired) electrons. The number of hydrogen-bond acceptors (Lipinski definition) is 4. The number of aromatic carboxylic acids is 1. The Morgan fingerprint density at radius 1 is 1.12 bits per heavy atom. The topological polar surface area (TPSA) is 59.4 Å². The van der Waals surface area contributed by atoms with E-state index >= 15 is 0 Å². The Balaban J connectivity index is 1.75. The molecule has 5 heteroatoms. The molecule has 0 bridgehead atoms. The smallest absolute Gasteiger partial charge is 0.347 e. The van der Waals surface area contributed by atoms with E-state index in [1.165, 1.54) is 11.3 Å². The fourth-order valence-corrected chi connectivity index (χ4v) is 3.15. The Kier molecular flexibility index (Phi) is 4.91. The van der Waals surface area contributed by atoms with Gasteiger partial charge in [-0.1, -0.05) is 48.0 Å². The van der Waals surface area contributed by atoms with Gasteiger partial charge in [0.1, 0.15) is 22.2 Å². The van der Waals surface area contributed by atoms with E-state index in [0.717, 1.165) is 16.9 Å². The number of carbonyl (C=O) groups is 1. The van der Waals surface area contributed by atoms with Gasteiger partial charge in [-0.05, 0) is 24.6 Å². The minimum absolute atomic E-state index is 0.267. The number of ether oxygens (including phenoxy) is 1. The zero-order valence-corrected chi connectivity index (χ0v) is 14.0. The van der Waals surface area contributed by atoms with E-state index in [9.17, 15) is 9.90 Å². The largest absolute Gasteiger partial charge is 0.486 e. The predicted molar refractivity (Wildman–Crippen MR) is 93.8 cm³/mol. The highest BCUT2D eigenvalue weighted by Crippen LogP contribution is 2.23. The number of aromatic nitrogens is 1. The molecule has 3 rings (SSSR count). The summed E-state index contributed by atoms with van der Waals surface area (Å²) in [5.74, 6) is -0.197. The molecular formula is C19H17NO3S. The molecule has 0 atom stereocenters. The number of carboxylic acid groups (broad SMARTS) is 1. The van der Waals surface area contributed by atoms with E-state index in [1.54, 1.807) is 0 Å². The van der Waals surface area contributed by atoms with Crippen LogP contribution in [0.3, 0.4) is 0 Å². The fourth-order valence-electron chi connectivity index (χ4n) is 2.32. The molecule has 0 saturated carbocycles. The number of benzene rings is 2. The summed E-state index contributed by atoms with van der Waals surface area (Å²) >= 11 is 1.17. The Labute approximate surface area is 144 Å². The van der Waals surface area contributed by atoms with E-state index in [1.807, 2.05) is 61.5 Å². The molecule has 0 aliphatic heterocycles. The second-order valence-electron chi connectivity index (χ2n) is 5.45. The second kappa shape index (κ2) is 7.27. The maximum atomic E-state index is 11.5. The van der Waals surface area contributed by atoms with Gasteiger partial charge >= 0.3 is 5.97 Å². The van der Waals surface area contributed by atoms with Crippen LogP contribution in [0.5, 0.6) is 5.75 Å². The molecule has 2 aromatic carbocycles. The van der Waals surface area contributed by atoms with E-state index in [2.05, 4.69) is 4.98 Å². The van der Waals surface area contributed by atoms with Gasteiger partial charge < -0.3 is 9.84 Å². The van der Waals surface area contributed by atoms with E-state index in [4.69, 9.17) is 4.74 Å². The summed E-state index contributed by atoms with van der Waals surface area (Å²) in [5, 5.41) is 10.1. The molecule has 1 N–H and O–H groups in total. The van der Waals surface area contributed by atoms with Gasteiger partial charge in [0.05, 0.1) is 5.69 Å². The highest BCUT2D eigenvalue weighted by Gasteiger charge is 2.17. The van der Waals surface area contributed by atoms with Crippen molar-refractivity contribution in [2.24, 2.45) is 0 Å². The molecule has 0 spiro atoms. The van der Waals surface area contributed by atoms with Crippen LogP contribution >= 0.6 is 11.3 Å². The van der Waals surface area contributed by atoms with Crippen molar-refractivity contribution in [1.82, 2.24) is 4.98 Å². The molecule has 4 nitrogen and oxygen atoms in total. The zero-order valence-electron chi connectivity index (χ0n) is 13.2. The molecule has 24 heavy (non-hydrogen) atoms. The van der Waals surface area contributed by atoms with Crippen LogP contribution in [-0.2, 0) is 13.0 Å². The van der Waals surface area contributed by atoms with Gasteiger partial charge in [0, 0.05) is 6.42 Å². The van der Waals surface area contributed by atoms with Crippen LogP contribution in [0.2, 0.25) is 0 Å². The Hall–Kier alpha value is -2.66. The van der Waals surface area contributed by atoms with Gasteiger partial charge in [0.2, 0.25) is 0 Å². The highest BCUT2D eigenvalue weighted by molar-refractivity contribution is 7.13. The predicted octanol–water partition coefficient (Wildman–Crippen LogP) is 4.32. The third kappa shape index (κ3) is 4.00. The zero-order chi connectivity index (χ0) is 16.9. The van der Waals surface area contributed by atoms with Gasteiger partial charge in [-0.3, -0.25) is 0 Å². The Morgan fingerprint density at radius 2 is 1.83 bits per heavy atom. The van der Waals surface area contributed by atoms with Crippen molar-refractivity contribution in [3.63, 3.8) is 0 Å². The van der Waals surface area contributed by atoms with Crippen LogP contribution < -0.4 is 4.74 Å². The molecule has 0 aliphatic carbocycles. The van der Waals surface area contributed by atoms with Crippen LogP contribution in [-0.4, -0.2) is 16.1 Å². The lowest BCUT2D eigenvalue weighted by molar-refractivity contribution is 0.0701. The van der Waals surface area contributed by atoms with Crippen molar-refractivity contribution in [2.75, 3.05) is 0 Å². The quantitative estimate of drug-likeness (QED) is 0.726. The summed E-state index contributed by atoms with van der Waals surface area (Å²) in [6.45, 7) is 2.28. The van der Waals surface area contributed by atoms with Gasteiger partial charge in [-0.15, -0.1) is 11.3 Å². The number of rotatable bonds is 6. The van der Waals surface area contributed by atoms with Crippen molar-refractivity contribution >= 4 is 17.3 Å². The average Bonchev–Trinajstić information content (AvgIpc) is 2.98. The SMILES string of the molecule is Cc1ccc(OCc2nc(Cc3ccccc3)c(C(=O)O)s2)cc1. The molecule has 1 aromatic heterocycles. The van der Waals surface area contributed by atoms with E-state index in [0.29, 0.717) is 17.1 Å². The van der Waals surface area contributed by atoms with Crippen molar-refractivity contribution in [3.8, 4) is 5.75 Å². The summed E-state index contributed by atoms with van der Waals surface area (Å²) in [7, 11) is 0. The Morgan fingerprint density at radius 3 is 2.50 bits per heavy atom. The average molecular weight is 339 g/mol. The molecule has 3 aromatic rings. The van der Waals surface area contributed by atoms with Crippen LogP contribution in [0.4, 0.5) is 0 Å². The molecule has 0 aliphatic rings. The molecule has 1 heterocycles.